The summed E-state index contributed by atoms with van der Waals surface area (Å²) < 4.78 is 0. The van der Waals surface area contributed by atoms with Crippen LogP contribution in [0, 0.1) is 18.3 Å². The summed E-state index contributed by atoms with van der Waals surface area (Å²) >= 11 is 0. The fraction of sp³-hybridized carbons (Fsp3) is 0.235. The predicted molar refractivity (Wildman–Crippen MR) is 79.3 cm³/mol. The highest BCUT2D eigenvalue weighted by atomic mass is 14.2. The normalized spacial score (nSPS) is 10.4. The highest BCUT2D eigenvalue weighted by Crippen LogP contribution is 2.00. The Bertz CT molecular complexity index is 441. The second kappa shape index (κ2) is 10.1. The van der Waals surface area contributed by atoms with Crippen molar-refractivity contribution in [3.8, 4) is 6.07 Å². The van der Waals surface area contributed by atoms with Gasteiger partial charge in [0.25, 0.3) is 0 Å². The molecule has 1 aromatic carbocycles. The van der Waals surface area contributed by atoms with E-state index in [9.17, 15) is 0 Å². The molecule has 0 bridgehead atoms. The third-order valence-corrected chi connectivity index (χ3v) is 2.35. The Kier molecular flexibility index (Phi) is 8.95. The Morgan fingerprint density at radius 2 is 1.94 bits per heavy atom. The molecule has 0 radical (unpaired) electrons. The first-order valence-electron chi connectivity index (χ1n) is 6.09. The van der Waals surface area contributed by atoms with Crippen LogP contribution in [0.1, 0.15) is 31.4 Å². The van der Waals surface area contributed by atoms with Gasteiger partial charge in [-0.2, -0.15) is 5.26 Å². The SMILES string of the molecule is C=C/C(=C\C=C/C)CC.Cc1ccc(C#N)cc1. The number of hydrogen-bond acceptors (Lipinski definition) is 1. The Morgan fingerprint density at radius 3 is 2.33 bits per heavy atom. The lowest BCUT2D eigenvalue weighted by molar-refractivity contribution is 1.15. The van der Waals surface area contributed by atoms with Crippen molar-refractivity contribution in [3.05, 3.63) is 71.8 Å². The molecule has 0 aromatic heterocycles. The number of nitriles is 1. The lowest BCUT2D eigenvalue weighted by atomic mass is 10.2. The van der Waals surface area contributed by atoms with Crippen LogP contribution < -0.4 is 0 Å². The van der Waals surface area contributed by atoms with E-state index in [1.165, 1.54) is 11.1 Å². The molecule has 94 valence electrons. The van der Waals surface area contributed by atoms with Crippen molar-refractivity contribution in [2.75, 3.05) is 0 Å². The summed E-state index contributed by atoms with van der Waals surface area (Å²) in [6, 6.07) is 9.54. The van der Waals surface area contributed by atoms with Gasteiger partial charge in [0.15, 0.2) is 0 Å². The summed E-state index contributed by atoms with van der Waals surface area (Å²) in [4.78, 5) is 0. The predicted octanol–water partition coefficient (Wildman–Crippen LogP) is 4.95. The molecule has 0 amide bonds. The van der Waals surface area contributed by atoms with Crippen LogP contribution in [-0.4, -0.2) is 0 Å². The lowest BCUT2D eigenvalue weighted by Crippen LogP contribution is -1.72. The first-order chi connectivity index (χ1) is 8.67. The molecular formula is C17H21N. The molecule has 0 saturated carbocycles. The Labute approximate surface area is 111 Å². The van der Waals surface area contributed by atoms with Gasteiger partial charge in [-0.05, 0) is 38.0 Å². The molecule has 0 heterocycles. The van der Waals surface area contributed by atoms with Crippen LogP contribution in [0.15, 0.2) is 60.7 Å². The second-order valence-corrected chi connectivity index (χ2v) is 3.80. The molecule has 1 heteroatoms. The van der Waals surface area contributed by atoms with Crippen LogP contribution in [0.5, 0.6) is 0 Å². The number of allylic oxidation sites excluding steroid dienone is 5. The molecule has 0 unspecified atom stereocenters. The topological polar surface area (TPSA) is 23.8 Å². The first kappa shape index (κ1) is 15.9. The van der Waals surface area contributed by atoms with Crippen LogP contribution in [0.4, 0.5) is 0 Å². The molecule has 1 aromatic rings. The monoisotopic (exact) mass is 239 g/mol. The number of nitrogens with zero attached hydrogens (tertiary/aromatic N) is 1. The molecule has 0 atom stereocenters. The maximum atomic E-state index is 8.38. The Hall–Kier alpha value is -2.07. The van der Waals surface area contributed by atoms with E-state index in [1.54, 1.807) is 0 Å². The van der Waals surface area contributed by atoms with Crippen LogP contribution in [0.3, 0.4) is 0 Å². The van der Waals surface area contributed by atoms with Crippen LogP contribution >= 0.6 is 0 Å². The Balaban J connectivity index is 0.000000321. The summed E-state index contributed by atoms with van der Waals surface area (Å²) in [6.45, 7) is 9.81. The van der Waals surface area contributed by atoms with Crippen molar-refractivity contribution < 1.29 is 0 Å². The first-order valence-corrected chi connectivity index (χ1v) is 6.09. The van der Waals surface area contributed by atoms with Gasteiger partial charge in [0, 0.05) is 0 Å². The highest BCUT2D eigenvalue weighted by molar-refractivity contribution is 5.30. The summed E-state index contributed by atoms with van der Waals surface area (Å²) in [5.41, 5.74) is 3.20. The lowest BCUT2D eigenvalue weighted by Gasteiger charge is -1.89. The Morgan fingerprint density at radius 1 is 1.33 bits per heavy atom. The van der Waals surface area contributed by atoms with Crippen molar-refractivity contribution in [3.63, 3.8) is 0 Å². The minimum absolute atomic E-state index is 0.723. The molecular weight excluding hydrogens is 218 g/mol. The van der Waals surface area contributed by atoms with Gasteiger partial charge in [0.1, 0.15) is 0 Å². The van der Waals surface area contributed by atoms with Crippen molar-refractivity contribution in [2.45, 2.75) is 27.2 Å². The summed E-state index contributed by atoms with van der Waals surface area (Å²) in [5, 5.41) is 8.38. The van der Waals surface area contributed by atoms with E-state index in [0.29, 0.717) is 0 Å². The molecule has 1 nitrogen and oxygen atoms in total. The second-order valence-electron chi connectivity index (χ2n) is 3.80. The summed E-state index contributed by atoms with van der Waals surface area (Å²) in [5.74, 6) is 0. The third-order valence-electron chi connectivity index (χ3n) is 2.35. The van der Waals surface area contributed by atoms with E-state index in [4.69, 9.17) is 5.26 Å². The van der Waals surface area contributed by atoms with Gasteiger partial charge in [-0.25, -0.2) is 0 Å². The average Bonchev–Trinajstić information content (AvgIpc) is 2.42. The van der Waals surface area contributed by atoms with Gasteiger partial charge >= 0.3 is 0 Å². The molecule has 0 aliphatic heterocycles. The largest absolute Gasteiger partial charge is 0.192 e. The summed E-state index contributed by atoms with van der Waals surface area (Å²) in [7, 11) is 0. The van der Waals surface area contributed by atoms with Gasteiger partial charge < -0.3 is 0 Å². The minimum atomic E-state index is 0.723. The zero-order valence-corrected chi connectivity index (χ0v) is 11.5. The van der Waals surface area contributed by atoms with Crippen LogP contribution in [-0.2, 0) is 0 Å². The van der Waals surface area contributed by atoms with Gasteiger partial charge in [-0.15, -0.1) is 0 Å². The van der Waals surface area contributed by atoms with Crippen molar-refractivity contribution >= 4 is 0 Å². The number of benzene rings is 1. The van der Waals surface area contributed by atoms with E-state index in [0.717, 1.165) is 12.0 Å². The highest BCUT2D eigenvalue weighted by Gasteiger charge is 1.85. The molecule has 0 N–H and O–H groups in total. The van der Waals surface area contributed by atoms with Crippen molar-refractivity contribution in [1.82, 2.24) is 0 Å². The maximum Gasteiger partial charge on any atom is 0.0991 e. The van der Waals surface area contributed by atoms with Gasteiger partial charge in [0.05, 0.1) is 11.6 Å². The van der Waals surface area contributed by atoms with E-state index >= 15 is 0 Å². The molecule has 1 rings (SSSR count). The van der Waals surface area contributed by atoms with Crippen LogP contribution in [0.2, 0.25) is 0 Å². The molecule has 0 aliphatic carbocycles. The van der Waals surface area contributed by atoms with Crippen molar-refractivity contribution in [2.24, 2.45) is 0 Å². The zero-order valence-electron chi connectivity index (χ0n) is 11.5. The van der Waals surface area contributed by atoms with E-state index in [2.05, 4.69) is 25.6 Å². The molecule has 0 saturated heterocycles. The van der Waals surface area contributed by atoms with Gasteiger partial charge in [-0.1, -0.05) is 55.5 Å². The minimum Gasteiger partial charge on any atom is -0.192 e. The number of rotatable bonds is 3. The zero-order chi connectivity index (χ0) is 13.8. The molecule has 18 heavy (non-hydrogen) atoms. The third kappa shape index (κ3) is 7.24. The van der Waals surface area contributed by atoms with Gasteiger partial charge in [0.2, 0.25) is 0 Å². The van der Waals surface area contributed by atoms with E-state index < -0.39 is 0 Å². The molecule has 0 aliphatic rings. The summed E-state index contributed by atoms with van der Waals surface area (Å²) in [6.07, 6.45) is 9.07. The van der Waals surface area contributed by atoms with Gasteiger partial charge in [-0.3, -0.25) is 0 Å². The fourth-order valence-corrected chi connectivity index (χ4v) is 1.18. The smallest absolute Gasteiger partial charge is 0.0991 e. The van der Waals surface area contributed by atoms with Crippen molar-refractivity contribution in [1.29, 1.82) is 5.26 Å². The van der Waals surface area contributed by atoms with E-state index in [-0.39, 0.29) is 0 Å². The average molecular weight is 239 g/mol. The number of hydrogen-bond donors (Lipinski definition) is 0. The maximum absolute atomic E-state index is 8.38. The fourth-order valence-electron chi connectivity index (χ4n) is 1.18. The van der Waals surface area contributed by atoms with Crippen LogP contribution in [0.25, 0.3) is 0 Å². The van der Waals surface area contributed by atoms with E-state index in [1.807, 2.05) is 56.3 Å². The standard InChI is InChI=1S/C9H14.C8H7N/c1-4-7-8-9(5-2)6-3;1-7-2-4-8(6-9)5-3-7/h4-5,7-8H,2,6H2,1,3H3;2-5H,1H3/b7-4-,9-8+;. The number of aryl methyl sites for hydroxylation is 1. The molecule has 0 spiro atoms. The quantitative estimate of drug-likeness (QED) is 0.684. The molecule has 0 fully saturated rings.